The Bertz CT molecular complexity index is 393. The van der Waals surface area contributed by atoms with E-state index in [0.717, 1.165) is 25.4 Å². The van der Waals surface area contributed by atoms with Crippen molar-refractivity contribution in [2.24, 2.45) is 17.8 Å². The standard InChI is InChI=1S/C18H28O3/c1-3-5-9-14-13-8-6-10-15(13)18(14,21-17(19)4-2)16-11-7-12-20-16/h4,13-16H,2-3,5-12H2,1H3. The molecule has 1 heterocycles. The van der Waals surface area contributed by atoms with E-state index >= 15 is 0 Å². The minimum Gasteiger partial charge on any atom is -0.453 e. The average Bonchev–Trinajstić information content (AvgIpc) is 3.15. The Labute approximate surface area is 128 Å². The van der Waals surface area contributed by atoms with Gasteiger partial charge in [0.15, 0.2) is 0 Å². The van der Waals surface area contributed by atoms with Gasteiger partial charge in [0, 0.05) is 24.5 Å². The van der Waals surface area contributed by atoms with Crippen LogP contribution in [-0.2, 0) is 14.3 Å². The van der Waals surface area contributed by atoms with Crippen LogP contribution in [0.3, 0.4) is 0 Å². The third-order valence-electron chi connectivity index (χ3n) is 5.99. The molecule has 5 unspecified atom stereocenters. The van der Waals surface area contributed by atoms with Crippen molar-refractivity contribution >= 4 is 5.97 Å². The molecule has 0 N–H and O–H groups in total. The second-order valence-electron chi connectivity index (χ2n) is 6.93. The Balaban J connectivity index is 1.87. The minimum atomic E-state index is -0.349. The summed E-state index contributed by atoms with van der Waals surface area (Å²) in [5.74, 6) is 1.50. The summed E-state index contributed by atoms with van der Waals surface area (Å²) in [7, 11) is 0. The molecule has 0 radical (unpaired) electrons. The molecule has 3 nitrogen and oxygen atoms in total. The highest BCUT2D eigenvalue weighted by Gasteiger charge is 2.68. The first-order valence-corrected chi connectivity index (χ1v) is 8.71. The van der Waals surface area contributed by atoms with E-state index in [0.29, 0.717) is 11.8 Å². The molecular weight excluding hydrogens is 264 g/mol. The fraction of sp³-hybridized carbons (Fsp3) is 0.833. The van der Waals surface area contributed by atoms with Gasteiger partial charge >= 0.3 is 5.97 Å². The van der Waals surface area contributed by atoms with Crippen LogP contribution in [0.5, 0.6) is 0 Å². The number of rotatable bonds is 6. The quantitative estimate of drug-likeness (QED) is 0.550. The predicted octanol–water partition coefficient (Wildman–Crippen LogP) is 3.87. The zero-order valence-corrected chi connectivity index (χ0v) is 13.2. The van der Waals surface area contributed by atoms with Gasteiger partial charge in [0.2, 0.25) is 0 Å². The molecule has 5 atom stereocenters. The molecule has 2 aliphatic carbocycles. The molecule has 0 spiro atoms. The smallest absolute Gasteiger partial charge is 0.330 e. The number of carbonyl (C=O) groups excluding carboxylic acids is 1. The van der Waals surface area contributed by atoms with E-state index in [1.165, 1.54) is 44.6 Å². The van der Waals surface area contributed by atoms with Gasteiger partial charge in [-0.1, -0.05) is 32.8 Å². The monoisotopic (exact) mass is 292 g/mol. The molecule has 0 bridgehead atoms. The Kier molecular flexibility index (Phi) is 4.39. The SMILES string of the molecule is C=CC(=O)OC1(C2CCCO2)C(CCCC)C2CCCC21. The van der Waals surface area contributed by atoms with Crippen LogP contribution >= 0.6 is 0 Å². The van der Waals surface area contributed by atoms with Crippen LogP contribution < -0.4 is 0 Å². The van der Waals surface area contributed by atoms with Crippen molar-refractivity contribution in [3.63, 3.8) is 0 Å². The predicted molar refractivity (Wildman–Crippen MR) is 81.8 cm³/mol. The average molecular weight is 292 g/mol. The first-order chi connectivity index (χ1) is 10.2. The van der Waals surface area contributed by atoms with E-state index in [4.69, 9.17) is 9.47 Å². The third kappa shape index (κ3) is 2.34. The molecule has 2 saturated carbocycles. The van der Waals surface area contributed by atoms with Gasteiger partial charge in [0.05, 0.1) is 6.10 Å². The fourth-order valence-electron chi connectivity index (χ4n) is 5.23. The van der Waals surface area contributed by atoms with Crippen molar-refractivity contribution in [1.29, 1.82) is 0 Å². The maximum atomic E-state index is 12.0. The van der Waals surface area contributed by atoms with Crippen LogP contribution in [0.15, 0.2) is 12.7 Å². The van der Waals surface area contributed by atoms with E-state index in [9.17, 15) is 4.79 Å². The van der Waals surface area contributed by atoms with E-state index in [1.54, 1.807) is 0 Å². The lowest BCUT2D eigenvalue weighted by Crippen LogP contribution is -2.68. The first-order valence-electron chi connectivity index (χ1n) is 8.71. The second kappa shape index (κ2) is 6.12. The summed E-state index contributed by atoms with van der Waals surface area (Å²) < 4.78 is 12.1. The number of hydrogen-bond donors (Lipinski definition) is 0. The summed E-state index contributed by atoms with van der Waals surface area (Å²) in [6.45, 7) is 6.63. The molecule has 0 aromatic rings. The first kappa shape index (κ1) is 15.1. The van der Waals surface area contributed by atoms with E-state index in [1.807, 2.05) is 0 Å². The molecule has 0 aromatic carbocycles. The van der Waals surface area contributed by atoms with Gasteiger partial charge in [-0.3, -0.25) is 0 Å². The normalized spacial score (nSPS) is 41.4. The van der Waals surface area contributed by atoms with Crippen LogP contribution in [0.2, 0.25) is 0 Å². The highest BCUT2D eigenvalue weighted by molar-refractivity contribution is 5.81. The molecule has 3 heteroatoms. The van der Waals surface area contributed by atoms with Crippen molar-refractivity contribution in [2.45, 2.75) is 70.0 Å². The maximum Gasteiger partial charge on any atom is 0.330 e. The molecule has 1 saturated heterocycles. The molecular formula is C18H28O3. The Morgan fingerprint density at radius 1 is 1.38 bits per heavy atom. The lowest BCUT2D eigenvalue weighted by atomic mass is 9.51. The van der Waals surface area contributed by atoms with E-state index in [-0.39, 0.29) is 17.7 Å². The van der Waals surface area contributed by atoms with Crippen LogP contribution in [0.1, 0.15) is 58.3 Å². The van der Waals surface area contributed by atoms with Gasteiger partial charge in [0.1, 0.15) is 5.60 Å². The van der Waals surface area contributed by atoms with Crippen LogP contribution in [0.25, 0.3) is 0 Å². The number of carbonyl (C=O) groups is 1. The molecule has 0 amide bonds. The van der Waals surface area contributed by atoms with Gasteiger partial charge in [0.25, 0.3) is 0 Å². The number of esters is 1. The highest BCUT2D eigenvalue weighted by atomic mass is 16.6. The molecule has 3 fully saturated rings. The zero-order valence-electron chi connectivity index (χ0n) is 13.2. The summed E-state index contributed by atoms with van der Waals surface area (Å²) in [6, 6.07) is 0. The summed E-state index contributed by atoms with van der Waals surface area (Å²) in [5.41, 5.74) is -0.349. The number of fused-ring (bicyclic) bond motifs is 1. The van der Waals surface area contributed by atoms with Crippen LogP contribution in [-0.4, -0.2) is 24.3 Å². The molecule has 118 valence electrons. The summed E-state index contributed by atoms with van der Waals surface area (Å²) >= 11 is 0. The van der Waals surface area contributed by atoms with Crippen molar-refractivity contribution in [3.05, 3.63) is 12.7 Å². The molecule has 0 aromatic heterocycles. The molecule has 3 rings (SSSR count). The van der Waals surface area contributed by atoms with Gasteiger partial charge < -0.3 is 9.47 Å². The molecule has 1 aliphatic heterocycles. The van der Waals surface area contributed by atoms with Crippen molar-refractivity contribution in [2.75, 3.05) is 6.61 Å². The van der Waals surface area contributed by atoms with Gasteiger partial charge in [-0.05, 0) is 38.0 Å². The minimum absolute atomic E-state index is 0.114. The third-order valence-corrected chi connectivity index (χ3v) is 5.99. The maximum absolute atomic E-state index is 12.0. The van der Waals surface area contributed by atoms with Gasteiger partial charge in [-0.2, -0.15) is 0 Å². The summed E-state index contributed by atoms with van der Waals surface area (Å²) in [6.07, 6.45) is 10.9. The number of hydrogen-bond acceptors (Lipinski definition) is 3. The topological polar surface area (TPSA) is 35.5 Å². The number of ether oxygens (including phenoxy) is 2. The van der Waals surface area contributed by atoms with Gasteiger partial charge in [-0.25, -0.2) is 4.79 Å². The molecule has 21 heavy (non-hydrogen) atoms. The Morgan fingerprint density at radius 3 is 2.90 bits per heavy atom. The highest BCUT2D eigenvalue weighted by Crippen LogP contribution is 2.64. The van der Waals surface area contributed by atoms with Crippen molar-refractivity contribution < 1.29 is 14.3 Å². The van der Waals surface area contributed by atoms with Crippen molar-refractivity contribution in [3.8, 4) is 0 Å². The summed E-state index contributed by atoms with van der Waals surface area (Å²) in [4.78, 5) is 12.0. The zero-order chi connectivity index (χ0) is 14.9. The fourth-order valence-corrected chi connectivity index (χ4v) is 5.23. The largest absolute Gasteiger partial charge is 0.453 e. The van der Waals surface area contributed by atoms with Crippen LogP contribution in [0, 0.1) is 17.8 Å². The van der Waals surface area contributed by atoms with Gasteiger partial charge in [-0.15, -0.1) is 0 Å². The van der Waals surface area contributed by atoms with Crippen molar-refractivity contribution in [1.82, 2.24) is 0 Å². The lowest BCUT2D eigenvalue weighted by molar-refractivity contribution is -0.257. The summed E-state index contributed by atoms with van der Waals surface area (Å²) in [5, 5.41) is 0. The Morgan fingerprint density at radius 2 is 2.24 bits per heavy atom. The molecule has 3 aliphatic rings. The Hall–Kier alpha value is -0.830. The van der Waals surface area contributed by atoms with E-state index in [2.05, 4.69) is 13.5 Å². The van der Waals surface area contributed by atoms with E-state index < -0.39 is 0 Å². The second-order valence-corrected chi connectivity index (χ2v) is 6.93. The van der Waals surface area contributed by atoms with Crippen LogP contribution in [0.4, 0.5) is 0 Å². The lowest BCUT2D eigenvalue weighted by Gasteiger charge is -2.60. The number of unbranched alkanes of at least 4 members (excludes halogenated alkanes) is 1.